The van der Waals surface area contributed by atoms with Crippen molar-refractivity contribution in [1.29, 1.82) is 0 Å². The van der Waals surface area contributed by atoms with Gasteiger partial charge in [0, 0.05) is 30.0 Å². The predicted molar refractivity (Wildman–Crippen MR) is 98.2 cm³/mol. The van der Waals surface area contributed by atoms with Crippen molar-refractivity contribution in [1.82, 2.24) is 0 Å². The van der Waals surface area contributed by atoms with Crippen molar-refractivity contribution >= 4 is 5.97 Å². The van der Waals surface area contributed by atoms with Crippen molar-refractivity contribution < 1.29 is 41.7 Å². The van der Waals surface area contributed by atoms with Crippen LogP contribution in [0.1, 0.15) is 37.0 Å². The zero-order chi connectivity index (χ0) is 22.1. The molecule has 30 heavy (non-hydrogen) atoms. The standard InChI is InChI=1S/C21H20F4O5/c1-20(2)10-13-7-15(22)8-14(19(13)30-20)11-28-16-5-3-12(4-6-18(26)27)17(9-16)29-21(23,24)25/h3,5,7-9H,4,6,10-11H2,1-2H3,(H,26,27). The first-order chi connectivity index (χ1) is 13.9. The van der Waals surface area contributed by atoms with Crippen molar-refractivity contribution in [2.24, 2.45) is 0 Å². The maximum atomic E-state index is 13.9. The number of aliphatic carboxylic acids is 1. The molecule has 1 heterocycles. The van der Waals surface area contributed by atoms with E-state index in [2.05, 4.69) is 4.74 Å². The smallest absolute Gasteiger partial charge is 0.489 e. The SMILES string of the molecule is CC1(C)Cc2cc(F)cc(COc3ccc(CCC(=O)O)c(OC(F)(F)F)c3)c2O1. The van der Waals surface area contributed by atoms with E-state index in [-0.39, 0.29) is 30.8 Å². The summed E-state index contributed by atoms with van der Waals surface area (Å²) in [6, 6.07) is 6.41. The van der Waals surface area contributed by atoms with E-state index in [1.54, 1.807) is 0 Å². The monoisotopic (exact) mass is 428 g/mol. The highest BCUT2D eigenvalue weighted by molar-refractivity contribution is 5.67. The first kappa shape index (κ1) is 21.7. The predicted octanol–water partition coefficient (Wildman–Crippen LogP) is 5.03. The average Bonchev–Trinajstić information content (AvgIpc) is 2.91. The van der Waals surface area contributed by atoms with Crippen molar-refractivity contribution in [2.75, 3.05) is 0 Å². The van der Waals surface area contributed by atoms with Crippen LogP contribution in [0.4, 0.5) is 17.6 Å². The third-order valence-electron chi connectivity index (χ3n) is 4.47. The normalized spacial score (nSPS) is 14.7. The van der Waals surface area contributed by atoms with Crippen LogP contribution in [-0.4, -0.2) is 23.0 Å². The molecule has 3 rings (SSSR count). The number of hydrogen-bond acceptors (Lipinski definition) is 4. The van der Waals surface area contributed by atoms with E-state index in [1.165, 1.54) is 24.3 Å². The first-order valence-electron chi connectivity index (χ1n) is 9.15. The minimum atomic E-state index is -4.95. The molecule has 2 aromatic carbocycles. The second-order valence-corrected chi connectivity index (χ2v) is 7.59. The topological polar surface area (TPSA) is 65.0 Å². The maximum Gasteiger partial charge on any atom is 0.573 e. The molecule has 0 aromatic heterocycles. The molecule has 0 atom stereocenters. The molecule has 0 bridgehead atoms. The van der Waals surface area contributed by atoms with E-state index in [4.69, 9.17) is 14.6 Å². The fourth-order valence-electron chi connectivity index (χ4n) is 3.31. The number of halogens is 4. The Morgan fingerprint density at radius 3 is 2.60 bits per heavy atom. The molecule has 0 aliphatic carbocycles. The van der Waals surface area contributed by atoms with Crippen LogP contribution in [0.25, 0.3) is 0 Å². The van der Waals surface area contributed by atoms with E-state index in [1.807, 2.05) is 13.8 Å². The Kier molecular flexibility index (Phi) is 5.83. The van der Waals surface area contributed by atoms with Crippen molar-refractivity contribution in [3.8, 4) is 17.2 Å². The first-order valence-corrected chi connectivity index (χ1v) is 9.15. The number of aryl methyl sites for hydroxylation is 1. The molecule has 0 amide bonds. The Hall–Kier alpha value is -2.97. The fourth-order valence-corrected chi connectivity index (χ4v) is 3.31. The number of carbonyl (C=O) groups is 1. The van der Waals surface area contributed by atoms with Gasteiger partial charge in [-0.2, -0.15) is 0 Å². The molecule has 0 saturated carbocycles. The molecule has 5 nitrogen and oxygen atoms in total. The minimum absolute atomic E-state index is 0.0589. The summed E-state index contributed by atoms with van der Waals surface area (Å²) < 4.78 is 67.6. The molecular weight excluding hydrogens is 408 g/mol. The van der Waals surface area contributed by atoms with E-state index in [9.17, 15) is 22.4 Å². The van der Waals surface area contributed by atoms with Gasteiger partial charge >= 0.3 is 12.3 Å². The lowest BCUT2D eigenvalue weighted by atomic mass is 10.0. The summed E-state index contributed by atoms with van der Waals surface area (Å²) in [5, 5.41) is 8.77. The molecule has 1 aliphatic rings. The summed E-state index contributed by atoms with van der Waals surface area (Å²) in [6.45, 7) is 3.61. The zero-order valence-electron chi connectivity index (χ0n) is 16.3. The van der Waals surface area contributed by atoms with E-state index >= 15 is 0 Å². The third kappa shape index (κ3) is 5.55. The summed E-state index contributed by atoms with van der Waals surface area (Å²) in [5.74, 6) is -1.58. The number of carboxylic acid groups (broad SMARTS) is 1. The van der Waals surface area contributed by atoms with Crippen LogP contribution in [-0.2, 0) is 24.2 Å². The fraction of sp³-hybridized carbons (Fsp3) is 0.381. The molecular formula is C21H20F4O5. The van der Waals surface area contributed by atoms with Crippen LogP contribution in [0, 0.1) is 5.82 Å². The van der Waals surface area contributed by atoms with Crippen molar-refractivity contribution in [3.05, 3.63) is 52.8 Å². The molecule has 1 N–H and O–H groups in total. The van der Waals surface area contributed by atoms with Gasteiger partial charge in [-0.25, -0.2) is 4.39 Å². The number of rotatable bonds is 7. The van der Waals surface area contributed by atoms with Crippen molar-refractivity contribution in [2.45, 2.75) is 51.7 Å². The van der Waals surface area contributed by atoms with Crippen LogP contribution in [0.15, 0.2) is 30.3 Å². The Morgan fingerprint density at radius 2 is 1.93 bits per heavy atom. The van der Waals surface area contributed by atoms with Gasteiger partial charge in [-0.1, -0.05) is 6.07 Å². The molecule has 0 spiro atoms. The largest absolute Gasteiger partial charge is 0.573 e. The molecule has 1 aliphatic heterocycles. The Labute approximate surface area is 170 Å². The summed E-state index contributed by atoms with van der Waals surface area (Å²) >= 11 is 0. The highest BCUT2D eigenvalue weighted by atomic mass is 19.4. The van der Waals surface area contributed by atoms with E-state index in [0.717, 1.165) is 6.07 Å². The van der Waals surface area contributed by atoms with Gasteiger partial charge in [0.2, 0.25) is 0 Å². The van der Waals surface area contributed by atoms with Gasteiger partial charge in [0.25, 0.3) is 0 Å². The van der Waals surface area contributed by atoms with Gasteiger partial charge < -0.3 is 19.3 Å². The summed E-state index contributed by atoms with van der Waals surface area (Å²) in [4.78, 5) is 10.7. The lowest BCUT2D eigenvalue weighted by molar-refractivity contribution is -0.274. The van der Waals surface area contributed by atoms with Crippen LogP contribution >= 0.6 is 0 Å². The highest BCUT2D eigenvalue weighted by Crippen LogP contribution is 2.39. The van der Waals surface area contributed by atoms with Crippen LogP contribution in [0.5, 0.6) is 17.2 Å². The number of hydrogen-bond donors (Lipinski definition) is 1. The lowest BCUT2D eigenvalue weighted by Gasteiger charge is -2.18. The average molecular weight is 428 g/mol. The summed E-state index contributed by atoms with van der Waals surface area (Å²) in [7, 11) is 0. The second-order valence-electron chi connectivity index (χ2n) is 7.59. The molecule has 0 radical (unpaired) electrons. The molecule has 9 heteroatoms. The molecule has 0 saturated heterocycles. The lowest BCUT2D eigenvalue weighted by Crippen LogP contribution is -2.25. The highest BCUT2D eigenvalue weighted by Gasteiger charge is 2.33. The second kappa shape index (κ2) is 8.04. The summed E-state index contributed by atoms with van der Waals surface area (Å²) in [6.07, 6.45) is -4.91. The van der Waals surface area contributed by atoms with Gasteiger partial charge in [0.15, 0.2) is 0 Å². The quantitative estimate of drug-likeness (QED) is 0.627. The van der Waals surface area contributed by atoms with Gasteiger partial charge in [-0.15, -0.1) is 13.2 Å². The van der Waals surface area contributed by atoms with Crippen molar-refractivity contribution in [3.63, 3.8) is 0 Å². The number of carboxylic acids is 1. The molecule has 162 valence electrons. The van der Waals surface area contributed by atoms with Gasteiger partial charge in [0.1, 0.15) is 35.3 Å². The Bertz CT molecular complexity index is 953. The number of ether oxygens (including phenoxy) is 3. The van der Waals surface area contributed by atoms with E-state index < -0.39 is 29.5 Å². The zero-order valence-corrected chi connectivity index (χ0v) is 16.3. The van der Waals surface area contributed by atoms with Gasteiger partial charge in [-0.05, 0) is 44.0 Å². The molecule has 2 aromatic rings. The van der Waals surface area contributed by atoms with E-state index in [0.29, 0.717) is 23.3 Å². The van der Waals surface area contributed by atoms with Crippen LogP contribution < -0.4 is 14.2 Å². The number of fused-ring (bicyclic) bond motifs is 1. The summed E-state index contributed by atoms with van der Waals surface area (Å²) in [5.41, 5.74) is 0.719. The molecule has 0 fully saturated rings. The Balaban J connectivity index is 1.81. The van der Waals surface area contributed by atoms with Gasteiger partial charge in [0.05, 0.1) is 0 Å². The third-order valence-corrected chi connectivity index (χ3v) is 4.47. The van der Waals surface area contributed by atoms with Crippen LogP contribution in [0.2, 0.25) is 0 Å². The maximum absolute atomic E-state index is 13.9. The Morgan fingerprint density at radius 1 is 1.20 bits per heavy atom. The number of benzene rings is 2. The van der Waals surface area contributed by atoms with Crippen LogP contribution in [0.3, 0.4) is 0 Å². The molecule has 0 unspecified atom stereocenters. The van der Waals surface area contributed by atoms with Gasteiger partial charge in [-0.3, -0.25) is 4.79 Å². The number of alkyl halides is 3. The minimum Gasteiger partial charge on any atom is -0.489 e.